The Morgan fingerprint density at radius 2 is 2.10 bits per heavy atom. The van der Waals surface area contributed by atoms with Crippen molar-refractivity contribution in [2.75, 3.05) is 13.2 Å². The Bertz CT molecular complexity index is 413. The molecular weight excluding hydrogens is 305 g/mol. The van der Waals surface area contributed by atoms with Crippen LogP contribution in [0.1, 0.15) is 57.1 Å². The van der Waals surface area contributed by atoms with Crippen molar-refractivity contribution in [2.24, 2.45) is 0 Å². The van der Waals surface area contributed by atoms with Crippen LogP contribution in [0, 0.1) is 0 Å². The van der Waals surface area contributed by atoms with E-state index in [0.717, 1.165) is 54.4 Å². The predicted octanol–water partition coefficient (Wildman–Crippen LogP) is 5.38. The molecule has 0 spiro atoms. The Hall–Kier alpha value is -0.280. The Balaban J connectivity index is 1.96. The lowest BCUT2D eigenvalue weighted by Gasteiger charge is -2.22. The summed E-state index contributed by atoms with van der Waals surface area (Å²) < 4.78 is 5.70. The SMILES string of the molecule is CCCNC(CCCC1CCCO1)c1c(Cl)cccc1Cl. The average molecular weight is 330 g/mol. The van der Waals surface area contributed by atoms with Gasteiger partial charge < -0.3 is 10.1 Å². The van der Waals surface area contributed by atoms with E-state index in [9.17, 15) is 0 Å². The molecule has 0 aliphatic carbocycles. The lowest BCUT2D eigenvalue weighted by molar-refractivity contribution is 0.101. The van der Waals surface area contributed by atoms with Crippen molar-refractivity contribution < 1.29 is 4.74 Å². The smallest absolute Gasteiger partial charge is 0.0576 e. The summed E-state index contributed by atoms with van der Waals surface area (Å²) >= 11 is 12.7. The van der Waals surface area contributed by atoms with Crippen LogP contribution in [0.5, 0.6) is 0 Å². The van der Waals surface area contributed by atoms with Gasteiger partial charge in [0, 0.05) is 28.3 Å². The zero-order valence-corrected chi connectivity index (χ0v) is 14.2. The second kappa shape index (κ2) is 8.99. The minimum Gasteiger partial charge on any atom is -0.378 e. The third-order valence-corrected chi connectivity index (χ3v) is 4.69. The summed E-state index contributed by atoms with van der Waals surface area (Å²) in [6.07, 6.45) is 7.28. The van der Waals surface area contributed by atoms with Crippen LogP contribution in [0.3, 0.4) is 0 Å². The Morgan fingerprint density at radius 3 is 2.71 bits per heavy atom. The standard InChI is InChI=1S/C17H25Cl2NO/c1-2-11-20-16(10-3-6-13-7-5-12-21-13)17-14(18)8-4-9-15(17)19/h4,8-9,13,16,20H,2-3,5-7,10-12H2,1H3. The molecule has 2 nitrogen and oxygen atoms in total. The van der Waals surface area contributed by atoms with E-state index in [1.165, 1.54) is 12.8 Å². The first-order valence-corrected chi connectivity index (χ1v) is 8.77. The number of nitrogens with one attached hydrogen (secondary N) is 1. The molecule has 1 heterocycles. The third kappa shape index (κ3) is 5.14. The molecule has 1 aromatic rings. The van der Waals surface area contributed by atoms with Gasteiger partial charge in [0.25, 0.3) is 0 Å². The highest BCUT2D eigenvalue weighted by Crippen LogP contribution is 2.33. The summed E-state index contributed by atoms with van der Waals surface area (Å²) in [4.78, 5) is 0. The van der Waals surface area contributed by atoms with E-state index >= 15 is 0 Å². The van der Waals surface area contributed by atoms with Crippen LogP contribution in [0.2, 0.25) is 10.0 Å². The average Bonchev–Trinajstić information content (AvgIpc) is 2.97. The van der Waals surface area contributed by atoms with E-state index < -0.39 is 0 Å². The molecule has 0 amide bonds. The van der Waals surface area contributed by atoms with Crippen molar-refractivity contribution in [1.29, 1.82) is 0 Å². The zero-order valence-electron chi connectivity index (χ0n) is 12.7. The second-order valence-corrected chi connectivity index (χ2v) is 6.52. The van der Waals surface area contributed by atoms with Gasteiger partial charge in [-0.25, -0.2) is 0 Å². The van der Waals surface area contributed by atoms with E-state index in [0.29, 0.717) is 6.10 Å². The number of benzene rings is 1. The van der Waals surface area contributed by atoms with E-state index in [1.54, 1.807) is 0 Å². The summed E-state index contributed by atoms with van der Waals surface area (Å²) in [5.74, 6) is 0. The van der Waals surface area contributed by atoms with E-state index in [1.807, 2.05) is 18.2 Å². The molecule has 1 aromatic carbocycles. The fraction of sp³-hybridized carbons (Fsp3) is 0.647. The van der Waals surface area contributed by atoms with E-state index in [2.05, 4.69) is 12.2 Å². The summed E-state index contributed by atoms with van der Waals surface area (Å²) in [7, 11) is 0. The van der Waals surface area contributed by atoms with Gasteiger partial charge in [-0.2, -0.15) is 0 Å². The molecule has 4 heteroatoms. The van der Waals surface area contributed by atoms with E-state index in [4.69, 9.17) is 27.9 Å². The fourth-order valence-corrected chi connectivity index (χ4v) is 3.59. The summed E-state index contributed by atoms with van der Waals surface area (Å²) in [6.45, 7) is 4.08. The lowest BCUT2D eigenvalue weighted by Crippen LogP contribution is -2.23. The van der Waals surface area contributed by atoms with E-state index in [-0.39, 0.29) is 6.04 Å². The normalized spacial score (nSPS) is 19.9. The quantitative estimate of drug-likeness (QED) is 0.690. The van der Waals surface area contributed by atoms with Gasteiger partial charge in [-0.3, -0.25) is 0 Å². The van der Waals surface area contributed by atoms with Crippen molar-refractivity contribution in [3.05, 3.63) is 33.8 Å². The Labute approximate surface area is 138 Å². The van der Waals surface area contributed by atoms with Crippen molar-refractivity contribution in [3.63, 3.8) is 0 Å². The highest BCUT2D eigenvalue weighted by molar-refractivity contribution is 6.36. The van der Waals surface area contributed by atoms with Crippen LogP contribution in [0.4, 0.5) is 0 Å². The van der Waals surface area contributed by atoms with Crippen LogP contribution in [-0.4, -0.2) is 19.3 Å². The molecule has 0 aromatic heterocycles. The van der Waals surface area contributed by atoms with Crippen LogP contribution in [0.15, 0.2) is 18.2 Å². The number of hydrogen-bond donors (Lipinski definition) is 1. The molecule has 1 fully saturated rings. The molecule has 118 valence electrons. The van der Waals surface area contributed by atoms with Gasteiger partial charge in [0.1, 0.15) is 0 Å². The van der Waals surface area contributed by atoms with Gasteiger partial charge in [0.05, 0.1) is 6.10 Å². The predicted molar refractivity (Wildman–Crippen MR) is 90.3 cm³/mol. The number of rotatable bonds is 8. The van der Waals surface area contributed by atoms with Crippen LogP contribution < -0.4 is 5.32 Å². The van der Waals surface area contributed by atoms with Crippen LogP contribution in [-0.2, 0) is 4.74 Å². The highest BCUT2D eigenvalue weighted by Gasteiger charge is 2.19. The number of halogens is 2. The first-order chi connectivity index (χ1) is 10.2. The third-order valence-electron chi connectivity index (χ3n) is 4.03. The topological polar surface area (TPSA) is 21.3 Å². The zero-order chi connectivity index (χ0) is 15.1. The van der Waals surface area contributed by atoms with Gasteiger partial charge in [0.15, 0.2) is 0 Å². The van der Waals surface area contributed by atoms with Gasteiger partial charge in [-0.05, 0) is 57.2 Å². The minimum atomic E-state index is 0.229. The van der Waals surface area contributed by atoms with Crippen molar-refractivity contribution in [3.8, 4) is 0 Å². The first-order valence-electron chi connectivity index (χ1n) is 8.01. The van der Waals surface area contributed by atoms with Crippen LogP contribution in [0.25, 0.3) is 0 Å². The molecule has 0 bridgehead atoms. The maximum absolute atomic E-state index is 6.36. The van der Waals surface area contributed by atoms with Crippen molar-refractivity contribution >= 4 is 23.2 Å². The first kappa shape index (κ1) is 17.1. The molecule has 1 saturated heterocycles. The van der Waals surface area contributed by atoms with Gasteiger partial charge in [0.2, 0.25) is 0 Å². The minimum absolute atomic E-state index is 0.229. The monoisotopic (exact) mass is 329 g/mol. The molecule has 2 atom stereocenters. The highest BCUT2D eigenvalue weighted by atomic mass is 35.5. The maximum atomic E-state index is 6.36. The largest absolute Gasteiger partial charge is 0.378 e. The van der Waals surface area contributed by atoms with Gasteiger partial charge >= 0.3 is 0 Å². The maximum Gasteiger partial charge on any atom is 0.0576 e. The summed E-state index contributed by atoms with van der Waals surface area (Å²) in [6, 6.07) is 5.97. The second-order valence-electron chi connectivity index (χ2n) is 5.71. The molecule has 2 unspecified atom stereocenters. The summed E-state index contributed by atoms with van der Waals surface area (Å²) in [5, 5.41) is 5.10. The number of hydrogen-bond acceptors (Lipinski definition) is 2. The fourth-order valence-electron chi connectivity index (χ4n) is 2.93. The number of ether oxygens (including phenoxy) is 1. The van der Waals surface area contributed by atoms with Crippen molar-refractivity contribution in [1.82, 2.24) is 5.32 Å². The summed E-state index contributed by atoms with van der Waals surface area (Å²) in [5.41, 5.74) is 1.04. The van der Waals surface area contributed by atoms with Crippen LogP contribution >= 0.6 is 23.2 Å². The molecular formula is C17H25Cl2NO. The lowest BCUT2D eigenvalue weighted by atomic mass is 9.99. The molecule has 2 rings (SSSR count). The Kier molecular flexibility index (Phi) is 7.31. The molecule has 1 aliphatic rings. The van der Waals surface area contributed by atoms with Gasteiger partial charge in [-0.15, -0.1) is 0 Å². The molecule has 0 radical (unpaired) electrons. The molecule has 21 heavy (non-hydrogen) atoms. The Morgan fingerprint density at radius 1 is 1.33 bits per heavy atom. The van der Waals surface area contributed by atoms with Crippen molar-refractivity contribution in [2.45, 2.75) is 57.6 Å². The van der Waals surface area contributed by atoms with Gasteiger partial charge in [-0.1, -0.05) is 36.2 Å². The molecule has 0 saturated carbocycles. The molecule has 1 aliphatic heterocycles. The molecule has 1 N–H and O–H groups in total.